The number of carbonyl (C=O) groups excluding carboxylic acids is 1. The van der Waals surface area contributed by atoms with E-state index in [4.69, 9.17) is 0 Å². The molecule has 0 aliphatic carbocycles. The van der Waals surface area contributed by atoms with Crippen molar-refractivity contribution in [3.8, 4) is 0 Å². The van der Waals surface area contributed by atoms with Gasteiger partial charge in [0.05, 0.1) is 5.52 Å². The molecule has 1 aromatic carbocycles. The highest BCUT2D eigenvalue weighted by atomic mass is 16.1. The van der Waals surface area contributed by atoms with E-state index in [1.165, 1.54) is 0 Å². The molecule has 3 rings (SSSR count). The molecular formula is C18H19N3O. The largest absolute Gasteiger partial charge is 0.320 e. The summed E-state index contributed by atoms with van der Waals surface area (Å²) in [7, 11) is 0. The third kappa shape index (κ3) is 2.48. The van der Waals surface area contributed by atoms with E-state index in [1.807, 2.05) is 60.0 Å². The van der Waals surface area contributed by atoms with Gasteiger partial charge in [-0.2, -0.15) is 0 Å². The summed E-state index contributed by atoms with van der Waals surface area (Å²) in [6, 6.07) is 13.6. The first-order chi connectivity index (χ1) is 10.6. The zero-order valence-corrected chi connectivity index (χ0v) is 13.0. The van der Waals surface area contributed by atoms with E-state index in [2.05, 4.69) is 24.1 Å². The van der Waals surface area contributed by atoms with Crippen molar-refractivity contribution >= 4 is 17.1 Å². The lowest BCUT2D eigenvalue weighted by atomic mass is 10.0. The Morgan fingerprint density at radius 3 is 2.64 bits per heavy atom. The summed E-state index contributed by atoms with van der Waals surface area (Å²) < 4.78 is 1.92. The van der Waals surface area contributed by atoms with Gasteiger partial charge in [-0.05, 0) is 36.6 Å². The van der Waals surface area contributed by atoms with E-state index < -0.39 is 0 Å². The smallest absolute Gasteiger partial charge is 0.276 e. The van der Waals surface area contributed by atoms with Crippen LogP contribution in [0.4, 0.5) is 5.69 Å². The third-order valence-corrected chi connectivity index (χ3v) is 3.77. The number of anilines is 1. The number of rotatable bonds is 3. The molecule has 3 aromatic rings. The number of nitrogens with one attached hydrogen (secondary N) is 1. The van der Waals surface area contributed by atoms with Crippen LogP contribution in [0.5, 0.6) is 0 Å². The minimum absolute atomic E-state index is 0.176. The molecule has 4 heteroatoms. The van der Waals surface area contributed by atoms with Crippen LogP contribution in [0.3, 0.4) is 0 Å². The molecule has 0 atom stereocenters. The van der Waals surface area contributed by atoms with E-state index in [9.17, 15) is 4.79 Å². The number of para-hydroxylation sites is 1. The number of aryl methyl sites for hydroxylation is 1. The second kappa shape index (κ2) is 5.64. The molecule has 2 heterocycles. The molecule has 22 heavy (non-hydrogen) atoms. The topological polar surface area (TPSA) is 46.4 Å². The van der Waals surface area contributed by atoms with Crippen LogP contribution in [-0.4, -0.2) is 15.3 Å². The van der Waals surface area contributed by atoms with Gasteiger partial charge in [0.15, 0.2) is 5.69 Å². The summed E-state index contributed by atoms with van der Waals surface area (Å²) in [4.78, 5) is 17.0. The summed E-state index contributed by atoms with van der Waals surface area (Å²) in [5.74, 6) is 0.972. The van der Waals surface area contributed by atoms with Crippen molar-refractivity contribution < 1.29 is 4.79 Å². The summed E-state index contributed by atoms with van der Waals surface area (Å²) in [6.45, 7) is 6.12. The SMILES string of the molecule is Cc1nc(C(=O)Nc2ccccc2C(C)C)c2ccccn12. The molecule has 112 valence electrons. The minimum Gasteiger partial charge on any atom is -0.320 e. The van der Waals surface area contributed by atoms with Crippen LogP contribution in [0.2, 0.25) is 0 Å². The highest BCUT2D eigenvalue weighted by molar-refractivity contribution is 6.07. The van der Waals surface area contributed by atoms with Crippen molar-refractivity contribution in [3.05, 3.63) is 65.7 Å². The molecule has 1 N–H and O–H groups in total. The molecule has 0 fully saturated rings. The zero-order chi connectivity index (χ0) is 15.7. The van der Waals surface area contributed by atoms with Crippen LogP contribution in [0.1, 0.15) is 41.6 Å². The van der Waals surface area contributed by atoms with Gasteiger partial charge >= 0.3 is 0 Å². The van der Waals surface area contributed by atoms with E-state index >= 15 is 0 Å². The van der Waals surface area contributed by atoms with E-state index in [-0.39, 0.29) is 5.91 Å². The Bertz CT molecular complexity index is 833. The third-order valence-electron chi connectivity index (χ3n) is 3.77. The normalized spacial score (nSPS) is 11.1. The fourth-order valence-electron chi connectivity index (χ4n) is 2.65. The van der Waals surface area contributed by atoms with Crippen LogP contribution in [-0.2, 0) is 0 Å². The predicted octanol–water partition coefficient (Wildman–Crippen LogP) is 4.02. The highest BCUT2D eigenvalue weighted by Gasteiger charge is 2.17. The number of hydrogen-bond acceptors (Lipinski definition) is 2. The molecule has 0 saturated carbocycles. The van der Waals surface area contributed by atoms with Crippen LogP contribution in [0.15, 0.2) is 48.7 Å². The first kappa shape index (κ1) is 14.3. The number of pyridine rings is 1. The van der Waals surface area contributed by atoms with Crippen molar-refractivity contribution in [2.45, 2.75) is 26.7 Å². The molecule has 0 unspecified atom stereocenters. The Morgan fingerprint density at radius 1 is 1.14 bits per heavy atom. The van der Waals surface area contributed by atoms with Crippen molar-refractivity contribution in [3.63, 3.8) is 0 Å². The van der Waals surface area contributed by atoms with Crippen LogP contribution in [0, 0.1) is 6.92 Å². The van der Waals surface area contributed by atoms with Crippen molar-refractivity contribution in [1.29, 1.82) is 0 Å². The fourth-order valence-corrected chi connectivity index (χ4v) is 2.65. The Balaban J connectivity index is 1.98. The average Bonchev–Trinajstić information content (AvgIpc) is 2.85. The maximum absolute atomic E-state index is 12.6. The van der Waals surface area contributed by atoms with Crippen LogP contribution in [0.25, 0.3) is 5.52 Å². The summed E-state index contributed by atoms with van der Waals surface area (Å²) in [5.41, 5.74) is 3.24. The van der Waals surface area contributed by atoms with Gasteiger partial charge in [-0.15, -0.1) is 0 Å². The maximum Gasteiger partial charge on any atom is 0.276 e. The quantitative estimate of drug-likeness (QED) is 0.793. The predicted molar refractivity (Wildman–Crippen MR) is 88.4 cm³/mol. The molecule has 0 bridgehead atoms. The number of amides is 1. The average molecular weight is 293 g/mol. The standard InChI is InChI=1S/C18H19N3O/c1-12(2)14-8-4-5-9-15(14)20-18(22)17-16-10-6-7-11-21(16)13(3)19-17/h4-12H,1-3H3,(H,20,22). The van der Waals surface area contributed by atoms with Crippen molar-refractivity contribution in [2.75, 3.05) is 5.32 Å². The summed E-state index contributed by atoms with van der Waals surface area (Å²) in [5, 5.41) is 3.00. The van der Waals surface area contributed by atoms with Crippen molar-refractivity contribution in [2.24, 2.45) is 0 Å². The number of benzene rings is 1. The summed E-state index contributed by atoms with van der Waals surface area (Å²) >= 11 is 0. The van der Waals surface area contributed by atoms with Gasteiger partial charge < -0.3 is 9.72 Å². The van der Waals surface area contributed by atoms with E-state index in [0.717, 1.165) is 22.6 Å². The lowest BCUT2D eigenvalue weighted by Crippen LogP contribution is -2.14. The van der Waals surface area contributed by atoms with E-state index in [1.54, 1.807) is 0 Å². The lowest BCUT2D eigenvalue weighted by molar-refractivity contribution is 0.102. The van der Waals surface area contributed by atoms with Gasteiger partial charge in [-0.25, -0.2) is 4.98 Å². The first-order valence-corrected chi connectivity index (χ1v) is 7.42. The van der Waals surface area contributed by atoms with Gasteiger partial charge in [0.25, 0.3) is 5.91 Å². The second-order valence-electron chi connectivity index (χ2n) is 5.66. The van der Waals surface area contributed by atoms with Gasteiger partial charge in [0, 0.05) is 11.9 Å². The molecule has 2 aromatic heterocycles. The number of hydrogen-bond donors (Lipinski definition) is 1. The number of aromatic nitrogens is 2. The fraction of sp³-hybridized carbons (Fsp3) is 0.222. The number of nitrogens with zero attached hydrogens (tertiary/aromatic N) is 2. The van der Waals surface area contributed by atoms with Gasteiger partial charge in [0.2, 0.25) is 0 Å². The minimum atomic E-state index is -0.176. The number of fused-ring (bicyclic) bond motifs is 1. The maximum atomic E-state index is 12.6. The Kier molecular flexibility index (Phi) is 3.67. The molecule has 0 aliphatic heterocycles. The van der Waals surface area contributed by atoms with Crippen molar-refractivity contribution in [1.82, 2.24) is 9.38 Å². The Hall–Kier alpha value is -2.62. The molecular weight excluding hydrogens is 274 g/mol. The Morgan fingerprint density at radius 2 is 1.86 bits per heavy atom. The summed E-state index contributed by atoms with van der Waals surface area (Å²) in [6.07, 6.45) is 1.91. The number of imidazole rings is 1. The molecule has 0 spiro atoms. The van der Waals surface area contributed by atoms with Crippen LogP contribution >= 0.6 is 0 Å². The van der Waals surface area contributed by atoms with Gasteiger partial charge in [-0.3, -0.25) is 4.79 Å². The molecule has 0 radical (unpaired) electrons. The van der Waals surface area contributed by atoms with E-state index in [0.29, 0.717) is 11.6 Å². The first-order valence-electron chi connectivity index (χ1n) is 7.42. The second-order valence-corrected chi connectivity index (χ2v) is 5.66. The molecule has 0 saturated heterocycles. The van der Waals surface area contributed by atoms with Crippen LogP contribution < -0.4 is 5.32 Å². The van der Waals surface area contributed by atoms with Gasteiger partial charge in [0.1, 0.15) is 5.82 Å². The zero-order valence-electron chi connectivity index (χ0n) is 13.0. The number of carbonyl (C=O) groups is 1. The molecule has 1 amide bonds. The lowest BCUT2D eigenvalue weighted by Gasteiger charge is -2.13. The molecule has 0 aliphatic rings. The highest BCUT2D eigenvalue weighted by Crippen LogP contribution is 2.24. The molecule has 4 nitrogen and oxygen atoms in total. The Labute approximate surface area is 129 Å². The van der Waals surface area contributed by atoms with Gasteiger partial charge in [-0.1, -0.05) is 38.1 Å². The monoisotopic (exact) mass is 293 g/mol.